The fraction of sp³-hybridized carbons (Fsp3) is 0.571. The molecule has 1 atom stereocenters. The summed E-state index contributed by atoms with van der Waals surface area (Å²) in [5, 5.41) is 8.84. The first-order valence-electron chi connectivity index (χ1n) is 6.61. The van der Waals surface area contributed by atoms with Crippen LogP contribution < -0.4 is 0 Å². The van der Waals surface area contributed by atoms with Gasteiger partial charge >= 0.3 is 0 Å². The molecule has 0 amide bonds. The maximum absolute atomic E-state index is 12.4. The fourth-order valence-corrected chi connectivity index (χ4v) is 3.35. The van der Waals surface area contributed by atoms with Gasteiger partial charge in [-0.25, -0.2) is 8.42 Å². The summed E-state index contributed by atoms with van der Waals surface area (Å²) in [7, 11) is -1.80. The zero-order valence-electron chi connectivity index (χ0n) is 11.8. The third-order valence-corrected chi connectivity index (χ3v) is 5.31. The molecule has 1 N–H and O–H groups in total. The summed E-state index contributed by atoms with van der Waals surface area (Å²) in [6, 6.07) is 6.71. The minimum Gasteiger partial charge on any atom is -0.396 e. The smallest absolute Gasteiger partial charge is 0.243 e. The lowest BCUT2D eigenvalue weighted by molar-refractivity contribution is 0.299. The molecule has 0 saturated carbocycles. The van der Waals surface area contributed by atoms with Gasteiger partial charge in [0.15, 0.2) is 0 Å². The van der Waals surface area contributed by atoms with E-state index in [1.54, 1.807) is 31.3 Å². The molecule has 108 valence electrons. The van der Waals surface area contributed by atoms with E-state index in [0.29, 0.717) is 11.3 Å². The van der Waals surface area contributed by atoms with E-state index in [9.17, 15) is 8.42 Å². The summed E-state index contributed by atoms with van der Waals surface area (Å²) in [6.45, 7) is 4.03. The van der Waals surface area contributed by atoms with E-state index in [0.717, 1.165) is 18.4 Å². The molecule has 0 aliphatic carbocycles. The normalized spacial score (nSPS) is 13.7. The molecule has 1 unspecified atom stereocenters. The molecule has 0 radical (unpaired) electrons. The zero-order valence-corrected chi connectivity index (χ0v) is 12.7. The van der Waals surface area contributed by atoms with Crippen LogP contribution in [0.4, 0.5) is 0 Å². The molecule has 0 aromatic heterocycles. The predicted octanol–water partition coefficient (Wildman–Crippen LogP) is 2.03. The molecule has 0 heterocycles. The fourth-order valence-electron chi connectivity index (χ4n) is 1.96. The molecule has 1 aromatic rings. The number of benzene rings is 1. The van der Waals surface area contributed by atoms with Gasteiger partial charge in [0.05, 0.1) is 4.90 Å². The zero-order chi connectivity index (χ0) is 14.5. The summed E-state index contributed by atoms with van der Waals surface area (Å²) < 4.78 is 26.2. The van der Waals surface area contributed by atoms with Crippen LogP contribution in [0, 0.1) is 0 Å². The van der Waals surface area contributed by atoms with Crippen molar-refractivity contribution in [2.45, 2.75) is 44.0 Å². The van der Waals surface area contributed by atoms with E-state index in [2.05, 4.69) is 0 Å². The van der Waals surface area contributed by atoms with E-state index in [-0.39, 0.29) is 12.6 Å². The van der Waals surface area contributed by atoms with Gasteiger partial charge in [0.25, 0.3) is 0 Å². The maximum atomic E-state index is 12.4. The molecule has 0 saturated heterocycles. The van der Waals surface area contributed by atoms with E-state index < -0.39 is 10.0 Å². The highest BCUT2D eigenvalue weighted by Gasteiger charge is 2.24. The maximum Gasteiger partial charge on any atom is 0.243 e. The van der Waals surface area contributed by atoms with Crippen LogP contribution in [-0.2, 0) is 16.4 Å². The summed E-state index contributed by atoms with van der Waals surface area (Å²) in [4.78, 5) is 0.305. The number of aliphatic hydroxyl groups excluding tert-OH is 1. The van der Waals surface area contributed by atoms with Gasteiger partial charge < -0.3 is 5.11 Å². The minimum absolute atomic E-state index is 0.00730. The van der Waals surface area contributed by atoms with Crippen molar-refractivity contribution in [2.75, 3.05) is 13.7 Å². The van der Waals surface area contributed by atoms with Gasteiger partial charge in [0.2, 0.25) is 10.0 Å². The molecular weight excluding hydrogens is 262 g/mol. The van der Waals surface area contributed by atoms with Crippen LogP contribution in [0.5, 0.6) is 0 Å². The number of hydrogen-bond donors (Lipinski definition) is 1. The molecule has 0 bridgehead atoms. The Morgan fingerprint density at radius 1 is 1.26 bits per heavy atom. The second-order valence-electron chi connectivity index (χ2n) is 4.78. The molecule has 1 aromatic carbocycles. The van der Waals surface area contributed by atoms with Crippen molar-refractivity contribution in [1.82, 2.24) is 4.31 Å². The Balaban J connectivity index is 2.93. The first kappa shape index (κ1) is 16.1. The standard InChI is InChI=1S/C14H23NO3S/c1-4-5-12(2)15(3)19(17,18)14-8-6-13(7-9-14)10-11-16/h6-9,12,16H,4-5,10-11H2,1-3H3. The van der Waals surface area contributed by atoms with E-state index in [1.165, 1.54) is 4.31 Å². The highest BCUT2D eigenvalue weighted by Crippen LogP contribution is 2.19. The second kappa shape index (κ2) is 7.03. The number of hydrogen-bond acceptors (Lipinski definition) is 3. The van der Waals surface area contributed by atoms with Crippen molar-refractivity contribution in [3.63, 3.8) is 0 Å². The van der Waals surface area contributed by atoms with E-state index in [4.69, 9.17) is 5.11 Å². The van der Waals surface area contributed by atoms with Crippen molar-refractivity contribution >= 4 is 10.0 Å². The summed E-state index contributed by atoms with van der Waals surface area (Å²) in [5.41, 5.74) is 0.936. The first-order valence-corrected chi connectivity index (χ1v) is 8.05. The SMILES string of the molecule is CCCC(C)N(C)S(=O)(=O)c1ccc(CCO)cc1. The summed E-state index contributed by atoms with van der Waals surface area (Å²) in [5.74, 6) is 0. The van der Waals surface area contributed by atoms with E-state index >= 15 is 0 Å². The second-order valence-corrected chi connectivity index (χ2v) is 6.77. The van der Waals surface area contributed by atoms with Crippen LogP contribution in [0.15, 0.2) is 29.2 Å². The van der Waals surface area contributed by atoms with Crippen molar-refractivity contribution in [3.05, 3.63) is 29.8 Å². The van der Waals surface area contributed by atoms with Crippen LogP contribution in [-0.4, -0.2) is 37.5 Å². The number of sulfonamides is 1. The Morgan fingerprint density at radius 3 is 2.32 bits per heavy atom. The Hall–Kier alpha value is -0.910. The Morgan fingerprint density at radius 2 is 1.84 bits per heavy atom. The topological polar surface area (TPSA) is 57.6 Å². The third-order valence-electron chi connectivity index (χ3n) is 3.33. The third kappa shape index (κ3) is 4.03. The molecule has 0 aliphatic heterocycles. The lowest BCUT2D eigenvalue weighted by atomic mass is 10.2. The van der Waals surface area contributed by atoms with Gasteiger partial charge in [-0.05, 0) is 37.5 Å². The van der Waals surface area contributed by atoms with Gasteiger partial charge in [-0.2, -0.15) is 4.31 Å². The van der Waals surface area contributed by atoms with Crippen LogP contribution >= 0.6 is 0 Å². The van der Waals surface area contributed by atoms with Gasteiger partial charge in [-0.3, -0.25) is 0 Å². The Labute approximate surface area is 116 Å². The Bertz CT molecular complexity index is 482. The number of rotatable bonds is 7. The van der Waals surface area contributed by atoms with Gasteiger partial charge in [0, 0.05) is 19.7 Å². The monoisotopic (exact) mass is 285 g/mol. The van der Waals surface area contributed by atoms with Gasteiger partial charge in [-0.1, -0.05) is 25.5 Å². The molecule has 0 spiro atoms. The predicted molar refractivity (Wildman–Crippen MR) is 76.6 cm³/mol. The van der Waals surface area contributed by atoms with Gasteiger partial charge in [-0.15, -0.1) is 0 Å². The number of nitrogens with zero attached hydrogens (tertiary/aromatic N) is 1. The molecule has 4 nitrogen and oxygen atoms in total. The van der Waals surface area contributed by atoms with Crippen molar-refractivity contribution < 1.29 is 13.5 Å². The summed E-state index contributed by atoms with van der Waals surface area (Å²) in [6.07, 6.45) is 2.34. The van der Waals surface area contributed by atoms with Crippen molar-refractivity contribution in [1.29, 1.82) is 0 Å². The largest absolute Gasteiger partial charge is 0.396 e. The first-order chi connectivity index (χ1) is 8.93. The molecule has 0 aliphatic rings. The molecular formula is C14H23NO3S. The molecule has 5 heteroatoms. The summed E-state index contributed by atoms with van der Waals surface area (Å²) >= 11 is 0. The van der Waals surface area contributed by atoms with E-state index in [1.807, 2.05) is 13.8 Å². The lowest BCUT2D eigenvalue weighted by Gasteiger charge is -2.24. The van der Waals surface area contributed by atoms with Crippen molar-refractivity contribution in [2.24, 2.45) is 0 Å². The molecule has 0 fully saturated rings. The number of aliphatic hydroxyl groups is 1. The highest BCUT2D eigenvalue weighted by molar-refractivity contribution is 7.89. The van der Waals surface area contributed by atoms with Crippen LogP contribution in [0.1, 0.15) is 32.3 Å². The highest BCUT2D eigenvalue weighted by atomic mass is 32.2. The molecule has 1 rings (SSSR count). The quantitative estimate of drug-likeness (QED) is 0.834. The average Bonchev–Trinajstić information content (AvgIpc) is 2.39. The Kier molecular flexibility index (Phi) is 5.97. The average molecular weight is 285 g/mol. The lowest BCUT2D eigenvalue weighted by Crippen LogP contribution is -2.34. The molecule has 19 heavy (non-hydrogen) atoms. The van der Waals surface area contributed by atoms with Crippen LogP contribution in [0.2, 0.25) is 0 Å². The van der Waals surface area contributed by atoms with Crippen molar-refractivity contribution in [3.8, 4) is 0 Å². The van der Waals surface area contributed by atoms with Crippen LogP contribution in [0.25, 0.3) is 0 Å². The van der Waals surface area contributed by atoms with Crippen LogP contribution in [0.3, 0.4) is 0 Å². The minimum atomic E-state index is -3.42. The van der Waals surface area contributed by atoms with Gasteiger partial charge in [0.1, 0.15) is 0 Å².